The summed E-state index contributed by atoms with van der Waals surface area (Å²) < 4.78 is 0. The van der Waals surface area contributed by atoms with Crippen LogP contribution in [0.25, 0.3) is 0 Å². The minimum atomic E-state index is -0.551. The van der Waals surface area contributed by atoms with E-state index in [1.807, 2.05) is 18.2 Å². The normalized spacial score (nSPS) is 20.7. The largest absolute Gasteiger partial charge is 0.330 e. The van der Waals surface area contributed by atoms with Crippen LogP contribution in [0.15, 0.2) is 18.2 Å². The third-order valence-electron chi connectivity index (χ3n) is 4.58. The molecule has 0 saturated carbocycles. The first kappa shape index (κ1) is 15.7. The lowest BCUT2D eigenvalue weighted by Crippen LogP contribution is -2.52. The van der Waals surface area contributed by atoms with Gasteiger partial charge in [-0.2, -0.15) is 0 Å². The Morgan fingerprint density at radius 3 is 2.78 bits per heavy atom. The molecule has 23 heavy (non-hydrogen) atoms. The van der Waals surface area contributed by atoms with Crippen molar-refractivity contribution in [3.8, 4) is 0 Å². The molecule has 1 fully saturated rings. The maximum absolute atomic E-state index is 12.6. The zero-order valence-electron chi connectivity index (χ0n) is 13.0. The predicted octanol–water partition coefficient (Wildman–Crippen LogP) is 0.729. The van der Waals surface area contributed by atoms with Crippen molar-refractivity contribution in [3.63, 3.8) is 0 Å². The Balaban J connectivity index is 1.80. The van der Waals surface area contributed by atoms with Gasteiger partial charge >= 0.3 is 0 Å². The Labute approximate surface area is 135 Å². The third kappa shape index (κ3) is 2.99. The van der Waals surface area contributed by atoms with Crippen LogP contribution in [0.4, 0.5) is 0 Å². The summed E-state index contributed by atoms with van der Waals surface area (Å²) in [6.07, 6.45) is 3.50. The number of hydrogen-bond donors (Lipinski definition) is 2. The molecule has 122 valence electrons. The summed E-state index contributed by atoms with van der Waals surface area (Å²) in [7, 11) is 0. The molecule has 1 aromatic carbocycles. The molecule has 0 spiro atoms. The van der Waals surface area contributed by atoms with Gasteiger partial charge in [0, 0.05) is 18.5 Å². The van der Waals surface area contributed by atoms with Gasteiger partial charge in [-0.25, -0.2) is 0 Å². The first-order valence-corrected chi connectivity index (χ1v) is 8.07. The number of benzene rings is 1. The van der Waals surface area contributed by atoms with Gasteiger partial charge in [-0.3, -0.25) is 19.7 Å². The monoisotopic (exact) mass is 315 g/mol. The molecule has 1 aromatic rings. The predicted molar refractivity (Wildman–Crippen MR) is 84.5 cm³/mol. The Hall–Kier alpha value is -2.21. The number of carbonyl (C=O) groups excluding carboxylic acids is 3. The van der Waals surface area contributed by atoms with E-state index in [0.29, 0.717) is 25.1 Å². The van der Waals surface area contributed by atoms with E-state index in [4.69, 9.17) is 5.73 Å². The smallest absolute Gasteiger partial charge is 0.255 e. The van der Waals surface area contributed by atoms with E-state index in [2.05, 4.69) is 5.32 Å². The number of unbranched alkanes of at least 4 members (excludes halogenated alkanes) is 1. The van der Waals surface area contributed by atoms with E-state index < -0.39 is 6.04 Å². The Morgan fingerprint density at radius 2 is 2.04 bits per heavy atom. The Morgan fingerprint density at radius 1 is 1.22 bits per heavy atom. The van der Waals surface area contributed by atoms with Gasteiger partial charge in [0.2, 0.25) is 11.8 Å². The van der Waals surface area contributed by atoms with Crippen LogP contribution in [-0.2, 0) is 22.6 Å². The molecule has 2 aliphatic rings. The van der Waals surface area contributed by atoms with E-state index in [9.17, 15) is 14.4 Å². The number of piperidine rings is 1. The second-order valence-electron chi connectivity index (χ2n) is 6.09. The second-order valence-corrected chi connectivity index (χ2v) is 6.09. The molecule has 1 unspecified atom stereocenters. The first-order valence-electron chi connectivity index (χ1n) is 8.07. The highest BCUT2D eigenvalue weighted by Gasteiger charge is 2.39. The first-order chi connectivity index (χ1) is 11.1. The minimum absolute atomic E-state index is 0.116. The summed E-state index contributed by atoms with van der Waals surface area (Å²) in [4.78, 5) is 37.6. The van der Waals surface area contributed by atoms with Gasteiger partial charge in [0.15, 0.2) is 0 Å². The van der Waals surface area contributed by atoms with E-state index in [1.165, 1.54) is 0 Å². The van der Waals surface area contributed by atoms with Gasteiger partial charge in [-0.1, -0.05) is 12.1 Å². The number of carbonyl (C=O) groups is 3. The molecule has 0 radical (unpaired) electrons. The molecule has 1 saturated heterocycles. The van der Waals surface area contributed by atoms with Crippen LogP contribution in [0.1, 0.15) is 47.2 Å². The van der Waals surface area contributed by atoms with Crippen molar-refractivity contribution in [2.45, 2.75) is 44.7 Å². The van der Waals surface area contributed by atoms with E-state index >= 15 is 0 Å². The van der Waals surface area contributed by atoms with Crippen LogP contribution in [-0.4, -0.2) is 35.2 Å². The SMILES string of the molecule is NCCCCc1cccc2c1CN(C1CCC(=O)NC1=O)C2=O. The number of aryl methyl sites for hydroxylation is 1. The summed E-state index contributed by atoms with van der Waals surface area (Å²) in [5.74, 6) is -0.750. The number of nitrogens with two attached hydrogens (primary N) is 1. The lowest BCUT2D eigenvalue weighted by molar-refractivity contribution is -0.136. The number of imide groups is 1. The van der Waals surface area contributed by atoms with Crippen molar-refractivity contribution in [1.29, 1.82) is 0 Å². The third-order valence-corrected chi connectivity index (χ3v) is 4.58. The molecule has 1 atom stereocenters. The number of fused-ring (bicyclic) bond motifs is 1. The maximum atomic E-state index is 12.6. The van der Waals surface area contributed by atoms with Crippen LogP contribution in [0.2, 0.25) is 0 Å². The maximum Gasteiger partial charge on any atom is 0.255 e. The van der Waals surface area contributed by atoms with Crippen molar-refractivity contribution in [2.75, 3.05) is 6.54 Å². The minimum Gasteiger partial charge on any atom is -0.330 e. The van der Waals surface area contributed by atoms with Crippen LogP contribution in [0.5, 0.6) is 0 Å². The summed E-state index contributed by atoms with van der Waals surface area (Å²) in [5.41, 5.74) is 8.38. The Bertz CT molecular complexity index is 656. The van der Waals surface area contributed by atoms with Crippen LogP contribution < -0.4 is 11.1 Å². The summed E-state index contributed by atoms with van der Waals surface area (Å²) in [6.45, 7) is 1.11. The average molecular weight is 315 g/mol. The summed E-state index contributed by atoms with van der Waals surface area (Å²) in [5, 5.41) is 2.32. The van der Waals surface area contributed by atoms with Crippen molar-refractivity contribution in [2.24, 2.45) is 5.73 Å². The molecule has 3 rings (SSSR count). The topological polar surface area (TPSA) is 92.5 Å². The van der Waals surface area contributed by atoms with Crippen LogP contribution >= 0.6 is 0 Å². The molecule has 2 aliphatic heterocycles. The summed E-state index contributed by atoms with van der Waals surface area (Å²) in [6, 6.07) is 5.19. The molecule has 0 aliphatic carbocycles. The van der Waals surface area contributed by atoms with E-state index in [-0.39, 0.29) is 24.1 Å². The van der Waals surface area contributed by atoms with Crippen molar-refractivity contribution < 1.29 is 14.4 Å². The van der Waals surface area contributed by atoms with Gasteiger partial charge in [0.25, 0.3) is 5.91 Å². The lowest BCUT2D eigenvalue weighted by atomic mass is 9.99. The highest BCUT2D eigenvalue weighted by atomic mass is 16.2. The van der Waals surface area contributed by atoms with Gasteiger partial charge in [0.1, 0.15) is 6.04 Å². The highest BCUT2D eigenvalue weighted by molar-refractivity contribution is 6.05. The van der Waals surface area contributed by atoms with Gasteiger partial charge in [-0.05, 0) is 49.4 Å². The fourth-order valence-corrected chi connectivity index (χ4v) is 3.34. The summed E-state index contributed by atoms with van der Waals surface area (Å²) >= 11 is 0. The van der Waals surface area contributed by atoms with Crippen LogP contribution in [0, 0.1) is 0 Å². The van der Waals surface area contributed by atoms with Crippen molar-refractivity contribution in [3.05, 3.63) is 34.9 Å². The fourth-order valence-electron chi connectivity index (χ4n) is 3.34. The number of rotatable bonds is 5. The molecule has 0 aromatic heterocycles. The highest BCUT2D eigenvalue weighted by Crippen LogP contribution is 2.30. The van der Waals surface area contributed by atoms with Gasteiger partial charge in [-0.15, -0.1) is 0 Å². The molecule has 6 heteroatoms. The molecule has 3 N–H and O–H groups in total. The van der Waals surface area contributed by atoms with E-state index in [0.717, 1.165) is 30.4 Å². The van der Waals surface area contributed by atoms with E-state index in [1.54, 1.807) is 4.90 Å². The van der Waals surface area contributed by atoms with Gasteiger partial charge in [0.05, 0.1) is 0 Å². The zero-order chi connectivity index (χ0) is 16.4. The van der Waals surface area contributed by atoms with Gasteiger partial charge < -0.3 is 10.6 Å². The fraction of sp³-hybridized carbons (Fsp3) is 0.471. The number of hydrogen-bond acceptors (Lipinski definition) is 4. The lowest BCUT2D eigenvalue weighted by Gasteiger charge is -2.29. The van der Waals surface area contributed by atoms with Crippen molar-refractivity contribution in [1.82, 2.24) is 10.2 Å². The Kier molecular flexibility index (Phi) is 4.43. The molecule has 6 nitrogen and oxygen atoms in total. The second kappa shape index (κ2) is 6.50. The van der Waals surface area contributed by atoms with Crippen LogP contribution in [0.3, 0.4) is 0 Å². The molecular formula is C17H21N3O3. The standard InChI is InChI=1S/C17H21N3O3/c18-9-2-1-4-11-5-3-6-12-13(11)10-20(17(12)23)14-7-8-15(21)19-16(14)22/h3,5-6,14H,1-2,4,7-10,18H2,(H,19,21,22). The number of nitrogens with zero attached hydrogens (tertiary/aromatic N) is 1. The number of nitrogens with one attached hydrogen (secondary N) is 1. The molecular weight excluding hydrogens is 294 g/mol. The molecule has 0 bridgehead atoms. The molecule has 3 amide bonds. The number of amides is 3. The molecule has 2 heterocycles. The average Bonchev–Trinajstić information content (AvgIpc) is 2.86. The zero-order valence-corrected chi connectivity index (χ0v) is 13.0. The van der Waals surface area contributed by atoms with Crippen molar-refractivity contribution >= 4 is 17.7 Å². The quantitative estimate of drug-likeness (QED) is 0.619.